The highest BCUT2D eigenvalue weighted by molar-refractivity contribution is 5.26. The minimum Gasteiger partial charge on any atom is -0.437 e. The molecule has 100 valence electrons. The Labute approximate surface area is 111 Å². The number of benzene rings is 1. The summed E-state index contributed by atoms with van der Waals surface area (Å²) >= 11 is 0. The van der Waals surface area contributed by atoms with Gasteiger partial charge in [-0.1, -0.05) is 13.0 Å². The molecule has 1 aromatic heterocycles. The van der Waals surface area contributed by atoms with Crippen LogP contribution in [0.25, 0.3) is 0 Å². The van der Waals surface area contributed by atoms with Gasteiger partial charge in [-0.05, 0) is 25.1 Å². The van der Waals surface area contributed by atoms with Gasteiger partial charge < -0.3 is 10.1 Å². The van der Waals surface area contributed by atoms with E-state index in [0.717, 1.165) is 18.7 Å². The summed E-state index contributed by atoms with van der Waals surface area (Å²) in [7, 11) is 0. The third-order valence-electron chi connectivity index (χ3n) is 2.41. The van der Waals surface area contributed by atoms with E-state index in [4.69, 9.17) is 4.74 Å². The second kappa shape index (κ2) is 6.80. The molecule has 4 nitrogen and oxygen atoms in total. The van der Waals surface area contributed by atoms with E-state index in [1.807, 2.05) is 0 Å². The average molecular weight is 261 g/mol. The minimum atomic E-state index is -0.341. The number of hydrogen-bond acceptors (Lipinski definition) is 4. The van der Waals surface area contributed by atoms with Crippen molar-refractivity contribution in [1.82, 2.24) is 15.3 Å². The Balaban J connectivity index is 2.02. The van der Waals surface area contributed by atoms with Crippen molar-refractivity contribution >= 4 is 0 Å². The standard InChI is InChI=1S/C14H16FN3O/c1-2-6-16-8-12-9-17-10-14(18-12)19-13-5-3-4-11(15)7-13/h3-5,7,9-10,16H,2,6,8H2,1H3. The number of nitrogens with zero attached hydrogens (tertiary/aromatic N) is 2. The topological polar surface area (TPSA) is 47.0 Å². The maximum absolute atomic E-state index is 13.0. The van der Waals surface area contributed by atoms with Crippen LogP contribution in [0, 0.1) is 5.82 Å². The molecule has 0 spiro atoms. The Morgan fingerprint density at radius 1 is 1.32 bits per heavy atom. The zero-order valence-corrected chi connectivity index (χ0v) is 10.8. The highest BCUT2D eigenvalue weighted by Crippen LogP contribution is 2.19. The van der Waals surface area contributed by atoms with Crippen molar-refractivity contribution in [2.75, 3.05) is 6.54 Å². The lowest BCUT2D eigenvalue weighted by molar-refractivity contribution is 0.452. The molecule has 19 heavy (non-hydrogen) atoms. The molecule has 0 atom stereocenters. The first-order valence-corrected chi connectivity index (χ1v) is 6.23. The van der Waals surface area contributed by atoms with Crippen molar-refractivity contribution in [2.24, 2.45) is 0 Å². The van der Waals surface area contributed by atoms with E-state index in [2.05, 4.69) is 22.2 Å². The van der Waals surface area contributed by atoms with Crippen LogP contribution in [0.3, 0.4) is 0 Å². The van der Waals surface area contributed by atoms with Crippen molar-refractivity contribution < 1.29 is 9.13 Å². The number of aromatic nitrogens is 2. The number of hydrogen-bond donors (Lipinski definition) is 1. The van der Waals surface area contributed by atoms with Crippen molar-refractivity contribution in [3.05, 3.63) is 48.2 Å². The lowest BCUT2D eigenvalue weighted by Crippen LogP contribution is -2.15. The van der Waals surface area contributed by atoms with E-state index in [1.165, 1.54) is 18.3 Å². The molecule has 1 N–H and O–H groups in total. The zero-order valence-electron chi connectivity index (χ0n) is 10.8. The summed E-state index contributed by atoms with van der Waals surface area (Å²) in [5.41, 5.74) is 0.794. The Bertz CT molecular complexity index is 534. The van der Waals surface area contributed by atoms with Gasteiger partial charge in [0.25, 0.3) is 0 Å². The maximum atomic E-state index is 13.0. The summed E-state index contributed by atoms with van der Waals surface area (Å²) in [4.78, 5) is 8.36. The Kier molecular flexibility index (Phi) is 4.80. The van der Waals surface area contributed by atoms with Crippen LogP contribution < -0.4 is 10.1 Å². The highest BCUT2D eigenvalue weighted by Gasteiger charge is 2.02. The molecule has 0 bridgehead atoms. The molecule has 2 rings (SSSR count). The molecule has 0 amide bonds. The fourth-order valence-electron chi connectivity index (χ4n) is 1.57. The summed E-state index contributed by atoms with van der Waals surface area (Å²) in [6, 6.07) is 5.94. The summed E-state index contributed by atoms with van der Waals surface area (Å²) < 4.78 is 18.5. The molecule has 0 saturated carbocycles. The normalized spacial score (nSPS) is 10.4. The van der Waals surface area contributed by atoms with E-state index in [-0.39, 0.29) is 5.82 Å². The zero-order chi connectivity index (χ0) is 13.5. The van der Waals surface area contributed by atoms with Crippen molar-refractivity contribution in [3.8, 4) is 11.6 Å². The van der Waals surface area contributed by atoms with Crippen LogP contribution in [-0.4, -0.2) is 16.5 Å². The molecular formula is C14H16FN3O. The first kappa shape index (κ1) is 13.4. The fourth-order valence-corrected chi connectivity index (χ4v) is 1.57. The van der Waals surface area contributed by atoms with E-state index in [9.17, 15) is 4.39 Å². The highest BCUT2D eigenvalue weighted by atomic mass is 19.1. The van der Waals surface area contributed by atoms with Crippen LogP contribution in [0.2, 0.25) is 0 Å². The molecule has 0 radical (unpaired) electrons. The lowest BCUT2D eigenvalue weighted by atomic mass is 10.3. The molecule has 1 aromatic carbocycles. The van der Waals surface area contributed by atoms with Crippen LogP contribution in [0.15, 0.2) is 36.7 Å². The molecule has 0 fully saturated rings. The Hall–Kier alpha value is -2.01. The summed E-state index contributed by atoms with van der Waals surface area (Å²) in [5.74, 6) is 0.431. The molecule has 0 unspecified atom stereocenters. The van der Waals surface area contributed by atoms with Gasteiger partial charge in [0.15, 0.2) is 0 Å². The van der Waals surface area contributed by atoms with Crippen LogP contribution in [0.5, 0.6) is 11.6 Å². The van der Waals surface area contributed by atoms with E-state index >= 15 is 0 Å². The van der Waals surface area contributed by atoms with Gasteiger partial charge in [-0.15, -0.1) is 0 Å². The third-order valence-corrected chi connectivity index (χ3v) is 2.41. The smallest absolute Gasteiger partial charge is 0.238 e. The quantitative estimate of drug-likeness (QED) is 0.812. The van der Waals surface area contributed by atoms with Gasteiger partial charge in [0.05, 0.1) is 11.9 Å². The number of nitrogens with one attached hydrogen (secondary N) is 1. The number of halogens is 1. The van der Waals surface area contributed by atoms with Gasteiger partial charge in [-0.25, -0.2) is 9.37 Å². The van der Waals surface area contributed by atoms with Gasteiger partial charge in [-0.2, -0.15) is 0 Å². The van der Waals surface area contributed by atoms with Crippen LogP contribution >= 0.6 is 0 Å². The average Bonchev–Trinajstić information content (AvgIpc) is 2.39. The van der Waals surface area contributed by atoms with Gasteiger partial charge in [0, 0.05) is 18.8 Å². The second-order valence-corrected chi connectivity index (χ2v) is 4.08. The SMILES string of the molecule is CCCNCc1cncc(Oc2cccc(F)c2)n1. The van der Waals surface area contributed by atoms with Crippen LogP contribution in [-0.2, 0) is 6.54 Å². The second-order valence-electron chi connectivity index (χ2n) is 4.08. The van der Waals surface area contributed by atoms with Crippen molar-refractivity contribution in [3.63, 3.8) is 0 Å². The first-order valence-electron chi connectivity index (χ1n) is 6.23. The number of ether oxygens (including phenoxy) is 1. The van der Waals surface area contributed by atoms with Crippen molar-refractivity contribution in [2.45, 2.75) is 19.9 Å². The maximum Gasteiger partial charge on any atom is 0.238 e. The molecule has 0 aliphatic heterocycles. The van der Waals surface area contributed by atoms with Crippen LogP contribution in [0.1, 0.15) is 19.0 Å². The van der Waals surface area contributed by atoms with Crippen LogP contribution in [0.4, 0.5) is 4.39 Å². The van der Waals surface area contributed by atoms with Gasteiger partial charge in [0.1, 0.15) is 11.6 Å². The van der Waals surface area contributed by atoms with Gasteiger partial charge in [0.2, 0.25) is 5.88 Å². The van der Waals surface area contributed by atoms with Crippen molar-refractivity contribution in [1.29, 1.82) is 0 Å². The monoisotopic (exact) mass is 261 g/mol. The van der Waals surface area contributed by atoms with Gasteiger partial charge >= 0.3 is 0 Å². The Morgan fingerprint density at radius 3 is 3.00 bits per heavy atom. The largest absolute Gasteiger partial charge is 0.437 e. The van der Waals surface area contributed by atoms with Gasteiger partial charge in [-0.3, -0.25) is 4.98 Å². The molecule has 0 aliphatic rings. The third kappa shape index (κ3) is 4.30. The minimum absolute atomic E-state index is 0.341. The predicted molar refractivity (Wildman–Crippen MR) is 70.5 cm³/mol. The molecule has 0 saturated heterocycles. The van der Waals surface area contributed by atoms with E-state index in [1.54, 1.807) is 18.3 Å². The molecule has 5 heteroatoms. The number of rotatable bonds is 6. The summed E-state index contributed by atoms with van der Waals surface area (Å²) in [5, 5.41) is 3.23. The fraction of sp³-hybridized carbons (Fsp3) is 0.286. The first-order chi connectivity index (χ1) is 9.28. The van der Waals surface area contributed by atoms with E-state index in [0.29, 0.717) is 18.2 Å². The predicted octanol–water partition coefficient (Wildman–Crippen LogP) is 2.91. The Morgan fingerprint density at radius 2 is 2.21 bits per heavy atom. The molecule has 2 aromatic rings. The summed E-state index contributed by atoms with van der Waals surface area (Å²) in [6.07, 6.45) is 4.25. The molecular weight excluding hydrogens is 245 g/mol. The lowest BCUT2D eigenvalue weighted by Gasteiger charge is -2.06. The molecule has 0 aliphatic carbocycles. The molecule has 1 heterocycles. The summed E-state index contributed by atoms with van der Waals surface area (Å²) in [6.45, 7) is 3.67. The van der Waals surface area contributed by atoms with E-state index < -0.39 is 0 Å².